The first-order valence-electron chi connectivity index (χ1n) is 18.3. The lowest BCUT2D eigenvalue weighted by atomic mass is 9.95. The second kappa shape index (κ2) is 27.4. The maximum atomic E-state index is 12.0. The van der Waals surface area contributed by atoms with E-state index in [1.807, 2.05) is 13.8 Å². The molecule has 0 bridgehead atoms. The molecule has 7 nitrogen and oxygen atoms in total. The lowest BCUT2D eigenvalue weighted by Crippen LogP contribution is -2.59. The summed E-state index contributed by atoms with van der Waals surface area (Å²) < 4.78 is 0.217. The fraction of sp³-hybridized carbons (Fsp3) is 0.865. The fourth-order valence-corrected chi connectivity index (χ4v) is 6.44. The van der Waals surface area contributed by atoms with Crippen LogP contribution in [-0.4, -0.2) is 58.8 Å². The predicted molar refractivity (Wildman–Crippen MR) is 179 cm³/mol. The van der Waals surface area contributed by atoms with Gasteiger partial charge in [0, 0.05) is 5.92 Å². The number of unbranched alkanes of at least 4 members (excludes halogenated alkanes) is 16. The molecule has 0 spiro atoms. The summed E-state index contributed by atoms with van der Waals surface area (Å²) in [5, 5.41) is 31.5. The summed E-state index contributed by atoms with van der Waals surface area (Å²) in [5.41, 5.74) is 0. The van der Waals surface area contributed by atoms with E-state index in [-0.39, 0.29) is 24.1 Å². The van der Waals surface area contributed by atoms with Gasteiger partial charge in [-0.05, 0) is 57.8 Å². The molecule has 0 aromatic carbocycles. The Morgan fingerprint density at radius 1 is 0.545 bits per heavy atom. The molecule has 0 radical (unpaired) electrons. The number of carboxylic acids is 3. The Morgan fingerprint density at radius 2 is 0.886 bits per heavy atom. The van der Waals surface area contributed by atoms with Crippen LogP contribution in [-0.2, 0) is 14.4 Å². The van der Waals surface area contributed by atoms with Crippen LogP contribution in [0.25, 0.3) is 0 Å². The van der Waals surface area contributed by atoms with Crippen molar-refractivity contribution >= 4 is 17.9 Å². The number of quaternary nitrogens is 1. The van der Waals surface area contributed by atoms with E-state index in [1.165, 1.54) is 89.9 Å². The Labute approximate surface area is 270 Å². The van der Waals surface area contributed by atoms with Gasteiger partial charge in [-0.3, -0.25) is 9.59 Å². The third kappa shape index (κ3) is 21.0. The maximum absolute atomic E-state index is 12.0. The number of hydrogen-bond acceptors (Lipinski definition) is 4. The van der Waals surface area contributed by atoms with Crippen molar-refractivity contribution in [2.45, 2.75) is 163 Å². The predicted octanol–water partition coefficient (Wildman–Crippen LogP) is 8.40. The Bertz CT molecular complexity index is 707. The first-order chi connectivity index (χ1) is 21.2. The van der Waals surface area contributed by atoms with Crippen molar-refractivity contribution in [1.29, 1.82) is 0 Å². The minimum atomic E-state index is -1.14. The Hall–Kier alpha value is -1.89. The van der Waals surface area contributed by atoms with Crippen LogP contribution >= 0.6 is 0 Å². The average molecular weight is 624 g/mol. The number of rotatable bonds is 32. The van der Waals surface area contributed by atoms with Crippen LogP contribution in [0.5, 0.6) is 0 Å². The number of hydrogen-bond donors (Lipinski definition) is 2. The molecule has 0 aliphatic heterocycles. The van der Waals surface area contributed by atoms with Crippen molar-refractivity contribution in [3.63, 3.8) is 0 Å². The highest BCUT2D eigenvalue weighted by Crippen LogP contribution is 2.25. The lowest BCUT2D eigenvalue weighted by molar-refractivity contribution is -0.935. The molecule has 0 aromatic heterocycles. The second-order valence-electron chi connectivity index (χ2n) is 13.3. The first kappa shape index (κ1) is 42.1. The van der Waals surface area contributed by atoms with Crippen LogP contribution < -0.4 is 5.11 Å². The molecule has 0 aliphatic rings. The Morgan fingerprint density at radius 3 is 1.23 bits per heavy atom. The van der Waals surface area contributed by atoms with Crippen LogP contribution in [0.4, 0.5) is 0 Å². The van der Waals surface area contributed by atoms with Crippen molar-refractivity contribution < 1.29 is 34.2 Å². The minimum absolute atomic E-state index is 0.217. The first-order valence-corrected chi connectivity index (χ1v) is 18.3. The zero-order chi connectivity index (χ0) is 33.1. The number of carboxylic acid groups (broad SMARTS) is 3. The minimum Gasteiger partial charge on any atom is -0.550 e. The lowest BCUT2D eigenvalue weighted by Gasteiger charge is -2.44. The van der Waals surface area contributed by atoms with Crippen LogP contribution in [0.1, 0.15) is 163 Å². The van der Waals surface area contributed by atoms with E-state index in [0.29, 0.717) is 25.8 Å². The molecule has 44 heavy (non-hydrogen) atoms. The molecule has 2 N–H and O–H groups in total. The van der Waals surface area contributed by atoms with Crippen molar-refractivity contribution in [2.24, 2.45) is 17.8 Å². The van der Waals surface area contributed by atoms with E-state index in [9.17, 15) is 29.7 Å². The molecular weight excluding hydrogens is 554 g/mol. The quantitative estimate of drug-likeness (QED) is 0.0442. The van der Waals surface area contributed by atoms with E-state index < -0.39 is 35.7 Å². The van der Waals surface area contributed by atoms with Gasteiger partial charge in [0.25, 0.3) is 0 Å². The van der Waals surface area contributed by atoms with Crippen LogP contribution in [0.2, 0.25) is 0 Å². The second-order valence-corrected chi connectivity index (χ2v) is 13.3. The van der Waals surface area contributed by atoms with Gasteiger partial charge in [0.1, 0.15) is 11.8 Å². The van der Waals surface area contributed by atoms with Crippen LogP contribution in [0.3, 0.4) is 0 Å². The van der Waals surface area contributed by atoms with Crippen LogP contribution in [0.15, 0.2) is 12.2 Å². The zero-order valence-corrected chi connectivity index (χ0v) is 29.0. The summed E-state index contributed by atoms with van der Waals surface area (Å²) in [6.07, 6.45) is 28.3. The summed E-state index contributed by atoms with van der Waals surface area (Å²) in [6.45, 7) is 9.05. The van der Waals surface area contributed by atoms with Gasteiger partial charge in [-0.1, -0.05) is 117 Å². The highest BCUT2D eigenvalue weighted by Gasteiger charge is 2.39. The third-order valence-electron chi connectivity index (χ3n) is 9.48. The SMILES string of the molecule is CCCCCCCCCC/C=C/CCCCCCCCCC[N+](CC(CC)C(=O)[O-])(CC(CC)C(=O)O)CC(CC)C(=O)O. The molecule has 0 aromatic rings. The Kier molecular flexibility index (Phi) is 26.2. The number of allylic oxidation sites excluding steroid dienone is 2. The summed E-state index contributed by atoms with van der Waals surface area (Å²) in [4.78, 5) is 35.9. The van der Waals surface area contributed by atoms with E-state index in [4.69, 9.17) is 0 Å². The molecule has 7 heteroatoms. The third-order valence-corrected chi connectivity index (χ3v) is 9.48. The van der Waals surface area contributed by atoms with E-state index in [0.717, 1.165) is 25.7 Å². The van der Waals surface area contributed by atoms with Gasteiger partial charge in [-0.2, -0.15) is 0 Å². The van der Waals surface area contributed by atoms with E-state index >= 15 is 0 Å². The van der Waals surface area contributed by atoms with Gasteiger partial charge >= 0.3 is 11.9 Å². The summed E-state index contributed by atoms with van der Waals surface area (Å²) >= 11 is 0. The molecule has 3 unspecified atom stereocenters. The van der Waals surface area contributed by atoms with E-state index in [2.05, 4.69) is 19.1 Å². The number of nitrogens with zero attached hydrogens (tertiary/aromatic N) is 1. The Balaban J connectivity index is 4.58. The topological polar surface area (TPSA) is 115 Å². The summed E-state index contributed by atoms with van der Waals surface area (Å²) in [6, 6.07) is 0. The average Bonchev–Trinajstić information content (AvgIpc) is 2.99. The van der Waals surface area contributed by atoms with Gasteiger partial charge in [-0.15, -0.1) is 0 Å². The molecule has 258 valence electrons. The summed E-state index contributed by atoms with van der Waals surface area (Å²) in [5.74, 6) is -4.95. The number of carbonyl (C=O) groups is 3. The molecule has 0 aliphatic carbocycles. The van der Waals surface area contributed by atoms with Gasteiger partial charge in [-0.25, -0.2) is 0 Å². The molecule has 0 heterocycles. The highest BCUT2D eigenvalue weighted by molar-refractivity contribution is 5.70. The van der Waals surface area contributed by atoms with Crippen molar-refractivity contribution in [1.82, 2.24) is 0 Å². The normalized spacial score (nSPS) is 15.2. The van der Waals surface area contributed by atoms with Crippen molar-refractivity contribution in [3.8, 4) is 0 Å². The molecule has 0 amide bonds. The van der Waals surface area contributed by atoms with Crippen molar-refractivity contribution in [2.75, 3.05) is 26.2 Å². The molecule has 0 saturated heterocycles. The fourth-order valence-electron chi connectivity index (χ4n) is 6.44. The number of aliphatic carboxylic acids is 3. The monoisotopic (exact) mass is 624 g/mol. The zero-order valence-electron chi connectivity index (χ0n) is 29.0. The van der Waals surface area contributed by atoms with Gasteiger partial charge < -0.3 is 24.6 Å². The van der Waals surface area contributed by atoms with Gasteiger partial charge in [0.05, 0.1) is 32.1 Å². The largest absolute Gasteiger partial charge is 0.550 e. The standard InChI is InChI=1S/C37H69NO6/c1-5-9-10-11-12-13-14-15-16-17-18-19-20-21-22-23-24-25-26-27-28-38(29-32(6-2)35(39)40,30-33(7-3)36(41)42)31-34(8-4)37(43)44/h17-18,32-34H,5-16,19-31H2,1-4H3,(H2-,39,40,41,42,43,44)/b18-17+. The smallest absolute Gasteiger partial charge is 0.312 e. The van der Waals surface area contributed by atoms with Crippen LogP contribution in [0, 0.1) is 17.8 Å². The highest BCUT2D eigenvalue weighted by atomic mass is 16.4. The van der Waals surface area contributed by atoms with Gasteiger partial charge in [0.2, 0.25) is 0 Å². The number of carbonyl (C=O) groups excluding carboxylic acids is 1. The van der Waals surface area contributed by atoms with E-state index in [1.54, 1.807) is 6.92 Å². The molecule has 0 fully saturated rings. The molecule has 0 rings (SSSR count). The molecular formula is C37H69NO6. The van der Waals surface area contributed by atoms with Gasteiger partial charge in [0.15, 0.2) is 0 Å². The maximum Gasteiger partial charge on any atom is 0.312 e. The summed E-state index contributed by atoms with van der Waals surface area (Å²) in [7, 11) is 0. The van der Waals surface area contributed by atoms with Crippen molar-refractivity contribution in [3.05, 3.63) is 12.2 Å². The molecule has 3 atom stereocenters. The molecule has 0 saturated carbocycles.